The van der Waals surface area contributed by atoms with Gasteiger partial charge in [-0.1, -0.05) is 29.8 Å². The fourth-order valence-corrected chi connectivity index (χ4v) is 1.92. The maximum atomic E-state index is 12.0. The zero-order chi connectivity index (χ0) is 13.8. The highest BCUT2D eigenvalue weighted by Crippen LogP contribution is 2.27. The van der Waals surface area contributed by atoms with Gasteiger partial charge in [-0.3, -0.25) is 0 Å². The molecule has 0 fully saturated rings. The third kappa shape index (κ3) is 2.94. The van der Waals surface area contributed by atoms with Crippen LogP contribution in [0.1, 0.15) is 22.8 Å². The number of esters is 1. The quantitative estimate of drug-likeness (QED) is 0.675. The first-order chi connectivity index (χ1) is 9.11. The first-order valence-corrected chi connectivity index (χ1v) is 6.25. The number of ether oxygens (including phenoxy) is 1. The number of anilines is 1. The summed E-state index contributed by atoms with van der Waals surface area (Å²) in [5.41, 5.74) is 9.92. The van der Waals surface area contributed by atoms with Crippen LogP contribution in [-0.4, -0.2) is 12.6 Å². The molecule has 0 amide bonds. The Morgan fingerprint density at radius 1 is 1.16 bits per heavy atom. The van der Waals surface area contributed by atoms with Crippen molar-refractivity contribution in [2.75, 3.05) is 12.3 Å². The minimum Gasteiger partial charge on any atom is -0.462 e. The summed E-state index contributed by atoms with van der Waals surface area (Å²) in [6.45, 7) is 4.17. The Bertz CT molecular complexity index is 588. The smallest absolute Gasteiger partial charge is 0.338 e. The van der Waals surface area contributed by atoms with Crippen molar-refractivity contribution in [1.29, 1.82) is 0 Å². The number of carbonyl (C=O) groups excluding carboxylic acids is 1. The Morgan fingerprint density at radius 2 is 1.84 bits per heavy atom. The zero-order valence-corrected chi connectivity index (χ0v) is 11.1. The van der Waals surface area contributed by atoms with E-state index in [1.165, 1.54) is 5.56 Å². The Hall–Kier alpha value is -2.29. The normalized spacial score (nSPS) is 10.2. The van der Waals surface area contributed by atoms with E-state index in [1.807, 2.05) is 31.2 Å². The van der Waals surface area contributed by atoms with Crippen LogP contribution in [0.15, 0.2) is 42.5 Å². The van der Waals surface area contributed by atoms with E-state index in [0.717, 1.165) is 11.1 Å². The van der Waals surface area contributed by atoms with Crippen LogP contribution in [0.4, 0.5) is 5.69 Å². The lowest BCUT2D eigenvalue weighted by Crippen LogP contribution is -2.07. The average Bonchev–Trinajstić information content (AvgIpc) is 2.39. The lowest BCUT2D eigenvalue weighted by molar-refractivity contribution is 0.0527. The second-order valence-corrected chi connectivity index (χ2v) is 4.39. The van der Waals surface area contributed by atoms with E-state index < -0.39 is 0 Å². The molecule has 0 atom stereocenters. The molecule has 0 heterocycles. The van der Waals surface area contributed by atoms with Crippen molar-refractivity contribution in [1.82, 2.24) is 0 Å². The molecule has 0 aromatic heterocycles. The Morgan fingerprint density at radius 3 is 2.47 bits per heavy atom. The molecule has 0 radical (unpaired) electrons. The lowest BCUT2D eigenvalue weighted by Gasteiger charge is -2.10. The summed E-state index contributed by atoms with van der Waals surface area (Å²) >= 11 is 0. The molecule has 0 spiro atoms. The molecule has 0 saturated heterocycles. The third-order valence-corrected chi connectivity index (χ3v) is 2.90. The molecule has 3 nitrogen and oxygen atoms in total. The van der Waals surface area contributed by atoms with Gasteiger partial charge >= 0.3 is 5.97 Å². The van der Waals surface area contributed by atoms with Gasteiger partial charge in [0.1, 0.15) is 0 Å². The number of benzene rings is 2. The predicted octanol–water partition coefficient (Wildman–Crippen LogP) is 3.42. The van der Waals surface area contributed by atoms with Gasteiger partial charge in [0.15, 0.2) is 0 Å². The molecule has 2 N–H and O–H groups in total. The van der Waals surface area contributed by atoms with Crippen LogP contribution < -0.4 is 5.73 Å². The topological polar surface area (TPSA) is 52.3 Å². The van der Waals surface area contributed by atoms with Gasteiger partial charge in [0, 0.05) is 5.69 Å². The van der Waals surface area contributed by atoms with Crippen molar-refractivity contribution in [3.05, 3.63) is 53.6 Å². The summed E-state index contributed by atoms with van der Waals surface area (Å²) in [5, 5.41) is 0. The van der Waals surface area contributed by atoms with Crippen LogP contribution >= 0.6 is 0 Å². The first-order valence-electron chi connectivity index (χ1n) is 6.25. The molecule has 0 bridgehead atoms. The van der Waals surface area contributed by atoms with Crippen molar-refractivity contribution in [2.24, 2.45) is 0 Å². The molecule has 0 aliphatic heterocycles. The van der Waals surface area contributed by atoms with E-state index in [2.05, 4.69) is 0 Å². The van der Waals surface area contributed by atoms with Crippen LogP contribution in [0, 0.1) is 6.92 Å². The summed E-state index contributed by atoms with van der Waals surface area (Å²) < 4.78 is 5.07. The van der Waals surface area contributed by atoms with E-state index in [1.54, 1.807) is 25.1 Å². The van der Waals surface area contributed by atoms with Crippen LogP contribution in [0.3, 0.4) is 0 Å². The van der Waals surface area contributed by atoms with Crippen LogP contribution in [0.5, 0.6) is 0 Å². The number of nitrogen functional groups attached to an aromatic ring is 1. The predicted molar refractivity (Wildman–Crippen MR) is 77.0 cm³/mol. The van der Waals surface area contributed by atoms with Gasteiger partial charge in [0.05, 0.1) is 12.2 Å². The van der Waals surface area contributed by atoms with Crippen LogP contribution in [0.25, 0.3) is 11.1 Å². The van der Waals surface area contributed by atoms with E-state index in [9.17, 15) is 4.79 Å². The van der Waals surface area contributed by atoms with Gasteiger partial charge in [-0.2, -0.15) is 0 Å². The van der Waals surface area contributed by atoms with Gasteiger partial charge in [0.25, 0.3) is 0 Å². The Kier molecular flexibility index (Phi) is 3.85. The van der Waals surface area contributed by atoms with E-state index in [4.69, 9.17) is 10.5 Å². The molecule has 0 aliphatic rings. The molecule has 0 saturated carbocycles. The number of carbonyl (C=O) groups is 1. The van der Waals surface area contributed by atoms with Gasteiger partial charge < -0.3 is 10.5 Å². The average molecular weight is 255 g/mol. The van der Waals surface area contributed by atoms with Crippen molar-refractivity contribution in [3.63, 3.8) is 0 Å². The Labute approximate surface area is 113 Å². The number of aryl methyl sites for hydroxylation is 1. The highest BCUT2D eigenvalue weighted by Gasteiger charge is 2.14. The molecule has 2 aromatic rings. The van der Waals surface area contributed by atoms with Crippen molar-refractivity contribution in [2.45, 2.75) is 13.8 Å². The highest BCUT2D eigenvalue weighted by molar-refractivity contribution is 5.98. The van der Waals surface area contributed by atoms with Crippen LogP contribution in [-0.2, 0) is 4.74 Å². The maximum absolute atomic E-state index is 12.0. The SMILES string of the molecule is CCOC(=O)c1ccc(N)cc1-c1ccc(C)cc1. The van der Waals surface area contributed by atoms with Crippen molar-refractivity contribution < 1.29 is 9.53 Å². The molecular weight excluding hydrogens is 238 g/mol. The molecule has 0 aliphatic carbocycles. The summed E-state index contributed by atoms with van der Waals surface area (Å²) in [4.78, 5) is 12.0. The fourth-order valence-electron chi connectivity index (χ4n) is 1.92. The largest absolute Gasteiger partial charge is 0.462 e. The molecule has 2 rings (SSSR count). The van der Waals surface area contributed by atoms with Gasteiger partial charge in [-0.15, -0.1) is 0 Å². The minimum atomic E-state index is -0.321. The van der Waals surface area contributed by atoms with Gasteiger partial charge in [-0.25, -0.2) is 4.79 Å². The summed E-state index contributed by atoms with van der Waals surface area (Å²) in [5.74, 6) is -0.321. The molecule has 19 heavy (non-hydrogen) atoms. The van der Waals surface area contributed by atoms with Crippen molar-refractivity contribution in [3.8, 4) is 11.1 Å². The second kappa shape index (κ2) is 5.57. The third-order valence-electron chi connectivity index (χ3n) is 2.90. The van der Waals surface area contributed by atoms with Gasteiger partial charge in [0.2, 0.25) is 0 Å². The van der Waals surface area contributed by atoms with E-state index in [0.29, 0.717) is 17.9 Å². The zero-order valence-electron chi connectivity index (χ0n) is 11.1. The number of rotatable bonds is 3. The number of hydrogen-bond donors (Lipinski definition) is 1. The summed E-state index contributed by atoms with van der Waals surface area (Å²) in [6, 6.07) is 13.2. The van der Waals surface area contributed by atoms with Crippen molar-refractivity contribution >= 4 is 11.7 Å². The van der Waals surface area contributed by atoms with Crippen LogP contribution in [0.2, 0.25) is 0 Å². The summed E-state index contributed by atoms with van der Waals surface area (Å²) in [7, 11) is 0. The maximum Gasteiger partial charge on any atom is 0.338 e. The number of nitrogens with two attached hydrogens (primary N) is 1. The van der Waals surface area contributed by atoms with Gasteiger partial charge in [-0.05, 0) is 43.2 Å². The highest BCUT2D eigenvalue weighted by atomic mass is 16.5. The first kappa shape index (κ1) is 13.1. The van der Waals surface area contributed by atoms with E-state index >= 15 is 0 Å². The molecule has 0 unspecified atom stereocenters. The lowest BCUT2D eigenvalue weighted by atomic mass is 9.98. The monoisotopic (exact) mass is 255 g/mol. The Balaban J connectivity index is 2.51. The molecular formula is C16H17NO2. The number of hydrogen-bond acceptors (Lipinski definition) is 3. The summed E-state index contributed by atoms with van der Waals surface area (Å²) in [6.07, 6.45) is 0. The standard InChI is InChI=1S/C16H17NO2/c1-3-19-16(18)14-9-8-13(17)10-15(14)12-6-4-11(2)5-7-12/h4-10H,3,17H2,1-2H3. The molecule has 98 valence electrons. The van der Waals surface area contributed by atoms with E-state index in [-0.39, 0.29) is 5.97 Å². The fraction of sp³-hybridized carbons (Fsp3) is 0.188. The second-order valence-electron chi connectivity index (χ2n) is 4.39. The minimum absolute atomic E-state index is 0.321. The molecule has 3 heteroatoms. The molecule has 2 aromatic carbocycles.